The summed E-state index contributed by atoms with van der Waals surface area (Å²) in [5.74, 6) is -0.343. The predicted octanol–water partition coefficient (Wildman–Crippen LogP) is 6.85. The topological polar surface area (TPSA) is 82.9 Å². The second kappa shape index (κ2) is 13.3. The molecule has 4 rings (SSSR count). The van der Waals surface area contributed by atoms with Crippen molar-refractivity contribution in [3.63, 3.8) is 0 Å². The number of rotatable bonds is 8. The summed E-state index contributed by atoms with van der Waals surface area (Å²) in [6, 6.07) is 14.4. The normalized spacial score (nSPS) is 14.8. The first-order valence-electron chi connectivity index (χ1n) is 13.9. The molecule has 0 atom stereocenters. The number of pyridine rings is 1. The maximum absolute atomic E-state index is 13.1. The average Bonchev–Trinajstić information content (AvgIpc) is 2.86. The minimum Gasteiger partial charge on any atom is -0.493 e. The number of aryl methyl sites for hydroxylation is 1. The van der Waals surface area contributed by atoms with Crippen molar-refractivity contribution in [2.24, 2.45) is 5.41 Å². The van der Waals surface area contributed by atoms with Crippen LogP contribution in [0.25, 0.3) is 11.1 Å². The van der Waals surface area contributed by atoms with Crippen LogP contribution in [0.15, 0.2) is 54.7 Å². The molecule has 0 unspecified atom stereocenters. The Kier molecular flexibility index (Phi) is 10.3. The summed E-state index contributed by atoms with van der Waals surface area (Å²) >= 11 is 0. The molecule has 1 fully saturated rings. The SMILES string of the molecule is CC(C)(C)O.Cc1ncc(CC(=O)O)c(N2CCC(C)(C)CC2)c1-c1ccc(OCCc2ccc(F)cc2)cc1. The second-order valence-electron chi connectivity index (χ2n) is 12.2. The van der Waals surface area contributed by atoms with E-state index in [1.54, 1.807) is 39.1 Å². The fourth-order valence-electron chi connectivity index (χ4n) is 4.62. The lowest BCUT2D eigenvalue weighted by Gasteiger charge is -2.40. The molecule has 1 saturated heterocycles. The Hall–Kier alpha value is -3.45. The first-order valence-corrected chi connectivity index (χ1v) is 13.9. The number of benzene rings is 2. The van der Waals surface area contributed by atoms with E-state index in [4.69, 9.17) is 9.84 Å². The van der Waals surface area contributed by atoms with Crippen LogP contribution >= 0.6 is 0 Å². The molecule has 6 nitrogen and oxygen atoms in total. The van der Waals surface area contributed by atoms with E-state index in [0.29, 0.717) is 18.4 Å². The summed E-state index contributed by atoms with van der Waals surface area (Å²) in [5, 5.41) is 18.1. The highest BCUT2D eigenvalue weighted by Crippen LogP contribution is 2.40. The zero-order chi connectivity index (χ0) is 29.5. The van der Waals surface area contributed by atoms with Crippen molar-refractivity contribution in [2.45, 2.75) is 72.8 Å². The Bertz CT molecular complexity index is 1250. The molecule has 1 aromatic heterocycles. The Labute approximate surface area is 237 Å². The van der Waals surface area contributed by atoms with E-state index in [9.17, 15) is 14.3 Å². The lowest BCUT2D eigenvalue weighted by molar-refractivity contribution is -0.136. The number of carboxylic acids is 1. The van der Waals surface area contributed by atoms with E-state index >= 15 is 0 Å². The largest absolute Gasteiger partial charge is 0.493 e. The Morgan fingerprint density at radius 3 is 2.17 bits per heavy atom. The van der Waals surface area contributed by atoms with Crippen molar-refractivity contribution in [3.05, 3.63) is 77.4 Å². The summed E-state index contributed by atoms with van der Waals surface area (Å²) in [5.41, 5.74) is 5.41. The number of ether oxygens (including phenoxy) is 1. The first-order chi connectivity index (χ1) is 18.7. The summed E-state index contributed by atoms with van der Waals surface area (Å²) in [6.45, 7) is 14.1. The molecule has 0 radical (unpaired) electrons. The molecule has 0 spiro atoms. The Morgan fingerprint density at radius 1 is 1.05 bits per heavy atom. The van der Waals surface area contributed by atoms with Gasteiger partial charge in [-0.3, -0.25) is 9.78 Å². The molecule has 0 aliphatic carbocycles. The zero-order valence-electron chi connectivity index (χ0n) is 24.6. The number of hydrogen-bond acceptors (Lipinski definition) is 5. The number of aliphatic carboxylic acids is 1. The van der Waals surface area contributed by atoms with E-state index in [1.807, 2.05) is 31.2 Å². The molecule has 40 heavy (non-hydrogen) atoms. The number of hydrogen-bond donors (Lipinski definition) is 2. The number of aliphatic hydroxyl groups is 1. The van der Waals surface area contributed by atoms with Gasteiger partial charge in [0.1, 0.15) is 11.6 Å². The van der Waals surface area contributed by atoms with Crippen molar-refractivity contribution in [1.82, 2.24) is 4.98 Å². The molecule has 2 N–H and O–H groups in total. The van der Waals surface area contributed by atoms with Gasteiger partial charge in [-0.25, -0.2) is 4.39 Å². The number of anilines is 1. The van der Waals surface area contributed by atoms with Gasteiger partial charge in [0.15, 0.2) is 0 Å². The molecular weight excluding hydrogens is 507 g/mol. The fourth-order valence-corrected chi connectivity index (χ4v) is 4.62. The van der Waals surface area contributed by atoms with Crippen LogP contribution < -0.4 is 9.64 Å². The minimum absolute atomic E-state index is 0.0555. The highest BCUT2D eigenvalue weighted by atomic mass is 19.1. The maximum Gasteiger partial charge on any atom is 0.307 e. The van der Waals surface area contributed by atoms with Crippen LogP contribution in [0.5, 0.6) is 5.75 Å². The van der Waals surface area contributed by atoms with Crippen molar-refractivity contribution >= 4 is 11.7 Å². The van der Waals surface area contributed by atoms with Crippen molar-refractivity contribution < 1.29 is 24.1 Å². The van der Waals surface area contributed by atoms with Gasteiger partial charge >= 0.3 is 5.97 Å². The van der Waals surface area contributed by atoms with Crippen LogP contribution in [0.3, 0.4) is 0 Å². The molecule has 2 aromatic carbocycles. The maximum atomic E-state index is 13.1. The van der Waals surface area contributed by atoms with E-state index in [-0.39, 0.29) is 12.2 Å². The van der Waals surface area contributed by atoms with Crippen LogP contribution in [0.1, 0.15) is 64.3 Å². The summed E-state index contributed by atoms with van der Waals surface area (Å²) in [7, 11) is 0. The number of carbonyl (C=O) groups is 1. The monoisotopic (exact) mass is 550 g/mol. The van der Waals surface area contributed by atoms with Gasteiger partial charge in [-0.15, -0.1) is 0 Å². The molecule has 1 aliphatic rings. The standard InChI is InChI=1S/C29H33FN2O3.C4H10O/c1-20-27(22-6-10-25(11-7-22)35-17-12-21-4-8-24(30)9-5-21)28(23(19-31-20)18-26(33)34)32-15-13-29(2,3)14-16-32;1-4(2,3)5/h4-11,19H,12-18H2,1-3H3,(H,33,34);5H,1-3H3. The molecule has 0 bridgehead atoms. The van der Waals surface area contributed by atoms with E-state index < -0.39 is 11.6 Å². The summed E-state index contributed by atoms with van der Waals surface area (Å²) in [6.07, 6.45) is 4.47. The third kappa shape index (κ3) is 9.63. The van der Waals surface area contributed by atoms with E-state index in [0.717, 1.165) is 65.3 Å². The van der Waals surface area contributed by atoms with Crippen LogP contribution in [-0.4, -0.2) is 46.5 Å². The molecule has 2 heterocycles. The molecule has 1 aliphatic heterocycles. The summed E-state index contributed by atoms with van der Waals surface area (Å²) in [4.78, 5) is 18.5. The average molecular weight is 551 g/mol. The van der Waals surface area contributed by atoms with Crippen LogP contribution in [0.2, 0.25) is 0 Å². The zero-order valence-corrected chi connectivity index (χ0v) is 24.6. The van der Waals surface area contributed by atoms with Gasteiger partial charge in [0, 0.05) is 42.5 Å². The number of nitrogens with zero attached hydrogens (tertiary/aromatic N) is 2. The third-order valence-electron chi connectivity index (χ3n) is 6.81. The molecule has 0 saturated carbocycles. The molecule has 216 valence electrons. The smallest absolute Gasteiger partial charge is 0.307 e. The van der Waals surface area contributed by atoms with Gasteiger partial charge in [-0.2, -0.15) is 0 Å². The van der Waals surface area contributed by atoms with Crippen LogP contribution in [-0.2, 0) is 17.6 Å². The Balaban J connectivity index is 0.000000810. The van der Waals surface area contributed by atoms with Crippen LogP contribution in [0.4, 0.5) is 10.1 Å². The molecular formula is C33H43FN2O4. The van der Waals surface area contributed by atoms with Gasteiger partial charge in [-0.1, -0.05) is 38.1 Å². The molecule has 3 aromatic rings. The van der Waals surface area contributed by atoms with Gasteiger partial charge in [0.2, 0.25) is 0 Å². The van der Waals surface area contributed by atoms with Crippen LogP contribution in [0, 0.1) is 18.2 Å². The highest BCUT2D eigenvalue weighted by Gasteiger charge is 2.29. The third-order valence-corrected chi connectivity index (χ3v) is 6.81. The number of aromatic nitrogens is 1. The van der Waals surface area contributed by atoms with Gasteiger partial charge in [-0.05, 0) is 81.3 Å². The number of carboxylic acid groups (broad SMARTS) is 1. The first kappa shape index (κ1) is 31.1. The number of piperidine rings is 1. The quantitative estimate of drug-likeness (QED) is 0.319. The summed E-state index contributed by atoms with van der Waals surface area (Å²) < 4.78 is 19.0. The van der Waals surface area contributed by atoms with E-state index in [2.05, 4.69) is 23.7 Å². The minimum atomic E-state index is -0.856. The Morgan fingerprint density at radius 2 is 1.62 bits per heavy atom. The highest BCUT2D eigenvalue weighted by molar-refractivity contribution is 5.85. The van der Waals surface area contributed by atoms with Crippen molar-refractivity contribution in [3.8, 4) is 16.9 Å². The van der Waals surface area contributed by atoms with Gasteiger partial charge < -0.3 is 19.8 Å². The number of halogens is 1. The van der Waals surface area contributed by atoms with Gasteiger partial charge in [0.25, 0.3) is 0 Å². The predicted molar refractivity (Wildman–Crippen MR) is 159 cm³/mol. The van der Waals surface area contributed by atoms with E-state index in [1.165, 1.54) is 12.1 Å². The lowest BCUT2D eigenvalue weighted by Crippen LogP contribution is -2.38. The lowest BCUT2D eigenvalue weighted by atomic mass is 9.82. The van der Waals surface area contributed by atoms with Gasteiger partial charge in [0.05, 0.1) is 24.3 Å². The van der Waals surface area contributed by atoms with Crippen molar-refractivity contribution in [2.75, 3.05) is 24.6 Å². The molecule has 0 amide bonds. The van der Waals surface area contributed by atoms with Crippen molar-refractivity contribution in [1.29, 1.82) is 0 Å². The molecule has 7 heteroatoms. The second-order valence-corrected chi connectivity index (χ2v) is 12.2. The fraction of sp³-hybridized carbons (Fsp3) is 0.455.